The van der Waals surface area contributed by atoms with E-state index in [0.29, 0.717) is 12.8 Å². The number of amides is 1. The van der Waals surface area contributed by atoms with E-state index < -0.39 is 75.2 Å². The topological polar surface area (TPSA) is 226 Å². The number of hydrogen-bond donors (Lipinski definition) is 9. The Kier molecular flexibility index (Phi) is 36.4. The first kappa shape index (κ1) is 59.1. The second-order valence-electron chi connectivity index (χ2n) is 18.2. The lowest BCUT2D eigenvalue weighted by Gasteiger charge is -2.41. The van der Waals surface area contributed by atoms with Gasteiger partial charge in [-0.05, 0) is 19.3 Å². The van der Waals surface area contributed by atoms with E-state index in [0.717, 1.165) is 44.9 Å². The van der Waals surface area contributed by atoms with Gasteiger partial charge in [-0.2, -0.15) is 0 Å². The zero-order valence-electron chi connectivity index (χ0n) is 39.1. The number of aliphatic hydroxyl groups is 7. The van der Waals surface area contributed by atoms with E-state index in [1.807, 2.05) is 0 Å². The average Bonchev–Trinajstić information content (AvgIpc) is 3.24. The first-order valence-corrected chi connectivity index (χ1v) is 26.7. The molecule has 0 aromatic rings. The van der Waals surface area contributed by atoms with Gasteiger partial charge in [0.05, 0.1) is 31.3 Å². The summed E-state index contributed by atoms with van der Waals surface area (Å²) < 4.78 is 22.9. The molecule has 368 valence electrons. The van der Waals surface area contributed by atoms with Crippen molar-refractivity contribution in [2.75, 3.05) is 6.61 Å². The molecule has 1 aliphatic rings. The number of allylic oxidation sites excluding steroid dienone is 1. The number of hydrogen-bond acceptors (Lipinski definition) is 11. The Morgan fingerprint density at radius 2 is 0.919 bits per heavy atom. The molecule has 8 unspecified atom stereocenters. The third-order valence-electron chi connectivity index (χ3n) is 12.4. The Balaban J connectivity index is 2.46. The van der Waals surface area contributed by atoms with Crippen LogP contribution in [0.4, 0.5) is 0 Å². The normalized spacial score (nSPS) is 23.1. The van der Waals surface area contributed by atoms with Crippen molar-refractivity contribution < 1.29 is 59.0 Å². The van der Waals surface area contributed by atoms with Gasteiger partial charge in [-0.15, -0.1) is 0 Å². The van der Waals surface area contributed by atoms with E-state index >= 15 is 0 Å². The van der Waals surface area contributed by atoms with Gasteiger partial charge in [-0.1, -0.05) is 212 Å². The Morgan fingerprint density at radius 1 is 0.565 bits per heavy atom. The number of phosphoric ester groups is 1. The van der Waals surface area contributed by atoms with Crippen molar-refractivity contribution in [2.24, 2.45) is 0 Å². The van der Waals surface area contributed by atoms with Crippen LogP contribution in [0.1, 0.15) is 226 Å². The molecule has 9 N–H and O–H groups in total. The van der Waals surface area contributed by atoms with Crippen molar-refractivity contribution in [2.45, 2.75) is 281 Å². The van der Waals surface area contributed by atoms with Crippen LogP contribution < -0.4 is 5.32 Å². The van der Waals surface area contributed by atoms with Crippen molar-refractivity contribution in [3.63, 3.8) is 0 Å². The molecular weight excluding hydrogens is 813 g/mol. The lowest BCUT2D eigenvalue weighted by molar-refractivity contribution is -0.220. The van der Waals surface area contributed by atoms with E-state index in [1.165, 1.54) is 154 Å². The molecule has 1 fully saturated rings. The molecule has 0 saturated heterocycles. The number of phosphoric acid groups is 1. The number of rotatable bonds is 42. The summed E-state index contributed by atoms with van der Waals surface area (Å²) in [6, 6.07) is -1.23. The lowest BCUT2D eigenvalue weighted by atomic mass is 9.85. The first-order valence-electron chi connectivity index (χ1n) is 25.2. The van der Waals surface area contributed by atoms with Gasteiger partial charge < -0.3 is 46.0 Å². The van der Waals surface area contributed by atoms with Crippen molar-refractivity contribution in [1.29, 1.82) is 0 Å². The zero-order chi connectivity index (χ0) is 45.9. The predicted octanol–water partition coefficient (Wildman–Crippen LogP) is 8.98. The van der Waals surface area contributed by atoms with Crippen molar-refractivity contribution in [3.8, 4) is 0 Å². The van der Waals surface area contributed by atoms with Gasteiger partial charge in [-0.3, -0.25) is 13.8 Å². The van der Waals surface area contributed by atoms with Gasteiger partial charge in [0.15, 0.2) is 0 Å². The fourth-order valence-electron chi connectivity index (χ4n) is 8.24. The van der Waals surface area contributed by atoms with Crippen LogP contribution in [0.15, 0.2) is 12.2 Å². The molecule has 0 heterocycles. The summed E-state index contributed by atoms with van der Waals surface area (Å²) in [6.07, 6.45) is 27.3. The summed E-state index contributed by atoms with van der Waals surface area (Å²) in [4.78, 5) is 23.5. The third-order valence-corrected chi connectivity index (χ3v) is 13.4. The fourth-order valence-corrected chi connectivity index (χ4v) is 9.21. The number of nitrogens with one attached hydrogen (secondary N) is 1. The molecule has 0 spiro atoms. The molecule has 1 rings (SSSR count). The maximum Gasteiger partial charge on any atom is 0.472 e. The van der Waals surface area contributed by atoms with Crippen LogP contribution in [-0.4, -0.2) is 108 Å². The van der Waals surface area contributed by atoms with Gasteiger partial charge in [0.25, 0.3) is 0 Å². The Labute approximate surface area is 376 Å². The summed E-state index contributed by atoms with van der Waals surface area (Å²) in [5.41, 5.74) is 0. The molecule has 1 saturated carbocycles. The minimum atomic E-state index is -5.14. The van der Waals surface area contributed by atoms with Crippen LogP contribution in [0.5, 0.6) is 0 Å². The van der Waals surface area contributed by atoms with Gasteiger partial charge in [0.1, 0.15) is 36.6 Å². The number of unbranched alkanes of at least 4 members (excludes halogenated alkanes) is 29. The zero-order valence-corrected chi connectivity index (χ0v) is 39.9. The largest absolute Gasteiger partial charge is 0.472 e. The maximum atomic E-state index is 13.0. The highest BCUT2D eigenvalue weighted by Crippen LogP contribution is 2.47. The summed E-state index contributed by atoms with van der Waals surface area (Å²) in [5.74, 6) is -0.589. The number of carbonyl (C=O) groups excluding carboxylic acids is 1. The predicted molar refractivity (Wildman–Crippen MR) is 247 cm³/mol. The molecule has 0 radical (unpaired) electrons. The van der Waals surface area contributed by atoms with Crippen LogP contribution in [0.2, 0.25) is 0 Å². The molecule has 8 atom stereocenters. The van der Waals surface area contributed by atoms with E-state index in [2.05, 4.69) is 19.2 Å². The highest BCUT2D eigenvalue weighted by molar-refractivity contribution is 7.47. The quantitative estimate of drug-likeness (QED) is 0.0159. The summed E-state index contributed by atoms with van der Waals surface area (Å²) in [7, 11) is -5.14. The molecule has 14 heteroatoms. The molecule has 1 amide bonds. The molecule has 1 aliphatic carbocycles. The van der Waals surface area contributed by atoms with Crippen LogP contribution in [0.3, 0.4) is 0 Å². The Hall–Kier alpha value is -0.960. The van der Waals surface area contributed by atoms with E-state index in [1.54, 1.807) is 6.08 Å². The van der Waals surface area contributed by atoms with Crippen LogP contribution in [0.25, 0.3) is 0 Å². The maximum absolute atomic E-state index is 13.0. The summed E-state index contributed by atoms with van der Waals surface area (Å²) in [5, 5.41) is 74.5. The van der Waals surface area contributed by atoms with Crippen LogP contribution >= 0.6 is 7.82 Å². The van der Waals surface area contributed by atoms with Gasteiger partial charge in [0.2, 0.25) is 5.91 Å². The van der Waals surface area contributed by atoms with E-state index in [9.17, 15) is 50.0 Å². The Bertz CT molecular complexity index is 1120. The molecular formula is C48H94NO12P. The average molecular weight is 908 g/mol. The minimum absolute atomic E-state index is 0.240. The molecule has 0 aromatic heterocycles. The smallest absolute Gasteiger partial charge is 0.393 e. The van der Waals surface area contributed by atoms with E-state index in [-0.39, 0.29) is 6.42 Å². The minimum Gasteiger partial charge on any atom is -0.393 e. The molecule has 0 aliphatic heterocycles. The van der Waals surface area contributed by atoms with Crippen LogP contribution in [0, 0.1) is 0 Å². The monoisotopic (exact) mass is 908 g/mol. The molecule has 0 bridgehead atoms. The highest BCUT2D eigenvalue weighted by atomic mass is 31.2. The van der Waals surface area contributed by atoms with Gasteiger partial charge >= 0.3 is 7.82 Å². The molecule has 0 aromatic carbocycles. The standard InChI is InChI=1S/C48H94NO12P/c1-3-5-7-9-11-13-15-17-18-19-20-21-22-24-25-27-29-31-33-35-39(50)37-42(52)49-40(41(51)36-34-32-30-28-26-23-16-14-12-10-8-6-4-2)38-60-62(58,59)61-48-46(56)44(54)43(53)45(55)47(48)57/h34,36,39-41,43-48,50-51,53-57H,3-33,35,37-38H2,1-2H3,(H,49,52)(H,58,59)/b36-34+. The molecule has 13 nitrogen and oxygen atoms in total. The van der Waals surface area contributed by atoms with Crippen LogP contribution in [-0.2, 0) is 18.4 Å². The third kappa shape index (κ3) is 29.5. The fraction of sp³-hybridized carbons (Fsp3) is 0.938. The van der Waals surface area contributed by atoms with Crippen molar-refractivity contribution >= 4 is 13.7 Å². The van der Waals surface area contributed by atoms with Crippen molar-refractivity contribution in [3.05, 3.63) is 12.2 Å². The van der Waals surface area contributed by atoms with Gasteiger partial charge in [-0.25, -0.2) is 4.57 Å². The number of aliphatic hydroxyl groups excluding tert-OH is 7. The number of carbonyl (C=O) groups is 1. The second-order valence-corrected chi connectivity index (χ2v) is 19.6. The second kappa shape index (κ2) is 38.2. The summed E-state index contributed by atoms with van der Waals surface area (Å²) >= 11 is 0. The Morgan fingerprint density at radius 3 is 1.32 bits per heavy atom. The van der Waals surface area contributed by atoms with Gasteiger partial charge in [0, 0.05) is 0 Å². The SMILES string of the molecule is CCCCCCCCCCCCC/C=C/C(O)C(COP(=O)(O)OC1C(O)C(O)C(O)C(O)C1O)NC(=O)CC(O)CCCCCCCCCCCCCCCCCCCCC. The highest BCUT2D eigenvalue weighted by Gasteiger charge is 2.51. The molecule has 62 heavy (non-hydrogen) atoms. The van der Waals surface area contributed by atoms with E-state index in [4.69, 9.17) is 9.05 Å². The van der Waals surface area contributed by atoms with Crippen molar-refractivity contribution in [1.82, 2.24) is 5.32 Å². The lowest BCUT2D eigenvalue weighted by Crippen LogP contribution is -2.64. The summed E-state index contributed by atoms with van der Waals surface area (Å²) in [6.45, 7) is 3.75. The first-order chi connectivity index (χ1) is 29.8.